The zero-order chi connectivity index (χ0) is 16.2. The summed E-state index contributed by atoms with van der Waals surface area (Å²) in [5.74, 6) is 1.02. The van der Waals surface area contributed by atoms with Gasteiger partial charge in [-0.05, 0) is 30.9 Å². The summed E-state index contributed by atoms with van der Waals surface area (Å²) in [7, 11) is 0. The zero-order valence-electron chi connectivity index (χ0n) is 13.4. The Morgan fingerprint density at radius 1 is 1.17 bits per heavy atom. The standard InChI is InChI=1S/C17H24N4O2/c18-16(23)14-6-3-7-19-17(14)21-10-8-20(9-11-21)15(22)12-13-4-1-2-5-13/h3,6-7,13H,1-2,4-5,8-12H2,(H2,18,23). The van der Waals surface area contributed by atoms with Crippen LogP contribution in [0, 0.1) is 5.92 Å². The highest BCUT2D eigenvalue weighted by atomic mass is 16.2. The van der Waals surface area contributed by atoms with Crippen molar-refractivity contribution in [2.45, 2.75) is 32.1 Å². The highest BCUT2D eigenvalue weighted by molar-refractivity contribution is 5.97. The van der Waals surface area contributed by atoms with Gasteiger partial charge in [0.1, 0.15) is 5.82 Å². The van der Waals surface area contributed by atoms with Gasteiger partial charge in [-0.15, -0.1) is 0 Å². The molecule has 1 saturated heterocycles. The Labute approximate surface area is 136 Å². The van der Waals surface area contributed by atoms with Crippen LogP contribution in [0.1, 0.15) is 42.5 Å². The lowest BCUT2D eigenvalue weighted by molar-refractivity contribution is -0.132. The number of piperazine rings is 1. The molecule has 2 heterocycles. The lowest BCUT2D eigenvalue weighted by atomic mass is 10.0. The molecule has 0 bridgehead atoms. The molecular weight excluding hydrogens is 292 g/mol. The highest BCUT2D eigenvalue weighted by Crippen LogP contribution is 2.28. The van der Waals surface area contributed by atoms with Gasteiger partial charge in [0.15, 0.2) is 0 Å². The number of amides is 2. The number of carbonyl (C=O) groups excluding carboxylic acids is 2. The molecule has 1 aliphatic carbocycles. The van der Waals surface area contributed by atoms with Crippen molar-refractivity contribution in [3.8, 4) is 0 Å². The number of carbonyl (C=O) groups is 2. The first-order chi connectivity index (χ1) is 11.1. The molecule has 23 heavy (non-hydrogen) atoms. The minimum atomic E-state index is -0.465. The van der Waals surface area contributed by atoms with Gasteiger partial charge in [0.25, 0.3) is 5.91 Å². The van der Waals surface area contributed by atoms with Crippen LogP contribution in [-0.2, 0) is 4.79 Å². The molecule has 6 nitrogen and oxygen atoms in total. The average molecular weight is 316 g/mol. The molecule has 0 aromatic carbocycles. The van der Waals surface area contributed by atoms with Crippen molar-refractivity contribution in [1.29, 1.82) is 0 Å². The molecule has 0 unspecified atom stereocenters. The van der Waals surface area contributed by atoms with Gasteiger partial charge in [-0.25, -0.2) is 4.98 Å². The van der Waals surface area contributed by atoms with Gasteiger partial charge in [0, 0.05) is 38.8 Å². The third kappa shape index (κ3) is 3.63. The van der Waals surface area contributed by atoms with Gasteiger partial charge in [0.2, 0.25) is 5.91 Å². The molecule has 0 atom stereocenters. The molecule has 0 spiro atoms. The summed E-state index contributed by atoms with van der Waals surface area (Å²) in [6.45, 7) is 2.74. The van der Waals surface area contributed by atoms with E-state index in [1.807, 2.05) is 9.80 Å². The fourth-order valence-corrected chi connectivity index (χ4v) is 3.60. The molecule has 2 N–H and O–H groups in total. The lowest BCUT2D eigenvalue weighted by Gasteiger charge is -2.36. The molecular formula is C17H24N4O2. The number of pyridine rings is 1. The first-order valence-electron chi connectivity index (χ1n) is 8.42. The van der Waals surface area contributed by atoms with Gasteiger partial charge in [0.05, 0.1) is 5.56 Å². The second-order valence-corrected chi connectivity index (χ2v) is 6.46. The molecule has 124 valence electrons. The molecule has 1 aromatic heterocycles. The SMILES string of the molecule is NC(=O)c1cccnc1N1CCN(C(=O)CC2CCCC2)CC1. The van der Waals surface area contributed by atoms with Crippen LogP contribution in [0.25, 0.3) is 0 Å². The summed E-state index contributed by atoms with van der Waals surface area (Å²) in [6, 6.07) is 3.41. The third-order valence-electron chi connectivity index (χ3n) is 4.92. The quantitative estimate of drug-likeness (QED) is 0.911. The predicted octanol–water partition coefficient (Wildman–Crippen LogP) is 1.41. The van der Waals surface area contributed by atoms with Crippen LogP contribution in [0.15, 0.2) is 18.3 Å². The number of hydrogen-bond acceptors (Lipinski definition) is 4. The van der Waals surface area contributed by atoms with Crippen molar-refractivity contribution < 1.29 is 9.59 Å². The molecule has 0 radical (unpaired) electrons. The zero-order valence-corrected chi connectivity index (χ0v) is 13.4. The number of anilines is 1. The summed E-state index contributed by atoms with van der Waals surface area (Å²) in [5.41, 5.74) is 5.86. The van der Waals surface area contributed by atoms with Crippen molar-refractivity contribution in [2.24, 2.45) is 11.7 Å². The monoisotopic (exact) mass is 316 g/mol. The van der Waals surface area contributed by atoms with Crippen LogP contribution < -0.4 is 10.6 Å². The van der Waals surface area contributed by atoms with E-state index in [4.69, 9.17) is 5.73 Å². The smallest absolute Gasteiger partial charge is 0.252 e. The molecule has 1 aromatic rings. The summed E-state index contributed by atoms with van der Waals surface area (Å²) in [4.78, 5) is 32.2. The first-order valence-corrected chi connectivity index (χ1v) is 8.42. The second kappa shape index (κ2) is 6.98. The van der Waals surface area contributed by atoms with Gasteiger partial charge in [-0.3, -0.25) is 9.59 Å². The molecule has 1 aliphatic heterocycles. The van der Waals surface area contributed by atoms with E-state index in [0.717, 1.165) is 0 Å². The van der Waals surface area contributed by atoms with Crippen LogP contribution in [-0.4, -0.2) is 47.9 Å². The fourth-order valence-electron chi connectivity index (χ4n) is 3.60. The lowest BCUT2D eigenvalue weighted by Crippen LogP contribution is -2.49. The minimum Gasteiger partial charge on any atom is -0.365 e. The Morgan fingerprint density at radius 2 is 1.87 bits per heavy atom. The third-order valence-corrected chi connectivity index (χ3v) is 4.92. The van der Waals surface area contributed by atoms with E-state index in [9.17, 15) is 9.59 Å². The molecule has 2 aliphatic rings. The van der Waals surface area contributed by atoms with E-state index in [1.54, 1.807) is 18.3 Å². The van der Waals surface area contributed by atoms with Crippen LogP contribution >= 0.6 is 0 Å². The normalized spacial score (nSPS) is 19.1. The van der Waals surface area contributed by atoms with E-state index >= 15 is 0 Å². The Hall–Kier alpha value is -2.11. The van der Waals surface area contributed by atoms with Crippen molar-refractivity contribution in [3.05, 3.63) is 23.9 Å². The molecule has 2 amide bonds. The molecule has 3 rings (SSSR count). The number of nitrogens with zero attached hydrogens (tertiary/aromatic N) is 3. The van der Waals surface area contributed by atoms with E-state index in [2.05, 4.69) is 4.98 Å². The molecule has 1 saturated carbocycles. The molecule has 2 fully saturated rings. The Morgan fingerprint density at radius 3 is 2.52 bits per heavy atom. The predicted molar refractivity (Wildman–Crippen MR) is 88.1 cm³/mol. The summed E-state index contributed by atoms with van der Waals surface area (Å²) in [6.07, 6.45) is 7.28. The number of primary amides is 1. The van der Waals surface area contributed by atoms with Crippen LogP contribution in [0.2, 0.25) is 0 Å². The topological polar surface area (TPSA) is 79.5 Å². The van der Waals surface area contributed by atoms with E-state index in [1.165, 1.54) is 25.7 Å². The maximum absolute atomic E-state index is 12.4. The van der Waals surface area contributed by atoms with E-state index < -0.39 is 5.91 Å². The number of rotatable bonds is 4. The van der Waals surface area contributed by atoms with Gasteiger partial charge < -0.3 is 15.5 Å². The largest absolute Gasteiger partial charge is 0.365 e. The Kier molecular flexibility index (Phi) is 4.79. The van der Waals surface area contributed by atoms with Crippen molar-refractivity contribution in [2.75, 3.05) is 31.1 Å². The summed E-state index contributed by atoms with van der Waals surface area (Å²) >= 11 is 0. The number of hydrogen-bond donors (Lipinski definition) is 1. The Bertz CT molecular complexity index is 576. The van der Waals surface area contributed by atoms with Crippen molar-refractivity contribution >= 4 is 17.6 Å². The Balaban J connectivity index is 1.58. The maximum atomic E-state index is 12.4. The summed E-state index contributed by atoms with van der Waals surface area (Å²) in [5, 5.41) is 0. The van der Waals surface area contributed by atoms with Crippen LogP contribution in [0.4, 0.5) is 5.82 Å². The van der Waals surface area contributed by atoms with Crippen molar-refractivity contribution in [3.63, 3.8) is 0 Å². The van der Waals surface area contributed by atoms with Gasteiger partial charge >= 0.3 is 0 Å². The van der Waals surface area contributed by atoms with E-state index in [0.29, 0.717) is 49.9 Å². The van der Waals surface area contributed by atoms with Crippen molar-refractivity contribution in [1.82, 2.24) is 9.88 Å². The van der Waals surface area contributed by atoms with Crippen LogP contribution in [0.5, 0.6) is 0 Å². The summed E-state index contributed by atoms with van der Waals surface area (Å²) < 4.78 is 0. The number of nitrogens with two attached hydrogens (primary N) is 1. The minimum absolute atomic E-state index is 0.271. The van der Waals surface area contributed by atoms with Gasteiger partial charge in [-0.2, -0.15) is 0 Å². The van der Waals surface area contributed by atoms with Crippen LogP contribution in [0.3, 0.4) is 0 Å². The first kappa shape index (κ1) is 15.8. The molecule has 6 heteroatoms. The maximum Gasteiger partial charge on any atom is 0.252 e. The highest BCUT2D eigenvalue weighted by Gasteiger charge is 2.26. The second-order valence-electron chi connectivity index (χ2n) is 6.46. The average Bonchev–Trinajstić information content (AvgIpc) is 3.08. The van der Waals surface area contributed by atoms with Gasteiger partial charge in [-0.1, -0.05) is 12.8 Å². The van der Waals surface area contributed by atoms with E-state index in [-0.39, 0.29) is 5.91 Å². The number of aromatic nitrogens is 1. The fraction of sp³-hybridized carbons (Fsp3) is 0.588.